The highest BCUT2D eigenvalue weighted by Crippen LogP contribution is 2.38. The molecule has 7 aliphatic rings. The number of nitrogens with one attached hydrogen (secondary N) is 1. The average molecular weight is 1150 g/mol. The Kier molecular flexibility index (Phi) is 21.9. The summed E-state index contributed by atoms with van der Waals surface area (Å²) in [7, 11) is 0. The first kappa shape index (κ1) is 63.8. The lowest BCUT2D eigenvalue weighted by molar-refractivity contribution is -0.403. The van der Waals surface area contributed by atoms with E-state index in [0.717, 1.165) is 6.92 Å². The van der Waals surface area contributed by atoms with Crippen molar-refractivity contribution in [2.24, 2.45) is 0 Å². The van der Waals surface area contributed by atoms with Crippen LogP contribution in [0.4, 0.5) is 0 Å². The second kappa shape index (κ2) is 26.8. The van der Waals surface area contributed by atoms with E-state index in [-0.39, 0.29) is 0 Å². The summed E-state index contributed by atoms with van der Waals surface area (Å²) >= 11 is 0. The van der Waals surface area contributed by atoms with Crippen LogP contribution >= 0.6 is 0 Å². The van der Waals surface area contributed by atoms with Crippen LogP contribution in [0.15, 0.2) is 0 Å². The van der Waals surface area contributed by atoms with Gasteiger partial charge in [0.15, 0.2) is 44.0 Å². The Morgan fingerprint density at radius 1 is 0.359 bits per heavy atom. The minimum atomic E-state index is -2.32. The quantitative estimate of drug-likeness (QED) is 0.0643. The molecule has 1 unspecified atom stereocenters. The summed E-state index contributed by atoms with van der Waals surface area (Å²) in [4.78, 5) is 13.0. The first-order valence-electron chi connectivity index (χ1n) is 25.2. The van der Waals surface area contributed by atoms with Crippen molar-refractivity contribution >= 4 is 5.91 Å². The maximum absolute atomic E-state index is 13.0. The minimum absolute atomic E-state index is 0.852. The van der Waals surface area contributed by atoms with Crippen molar-refractivity contribution in [3.8, 4) is 0 Å². The van der Waals surface area contributed by atoms with Crippen LogP contribution in [0.2, 0.25) is 0 Å². The van der Waals surface area contributed by atoms with E-state index < -0.39 is 247 Å². The lowest BCUT2D eigenvalue weighted by atomic mass is 9.94. The molecule has 0 spiro atoms. The molecule has 454 valence electrons. The molecule has 1 amide bonds. The van der Waals surface area contributed by atoms with E-state index in [9.17, 15) is 102 Å². The van der Waals surface area contributed by atoms with Crippen molar-refractivity contribution in [3.05, 3.63) is 0 Å². The molecule has 34 nitrogen and oxygen atoms in total. The summed E-state index contributed by atoms with van der Waals surface area (Å²) in [6.07, 6.45) is -63.4. The largest absolute Gasteiger partial charge is 0.394 e. The molecule has 78 heavy (non-hydrogen) atoms. The Morgan fingerprint density at radius 2 is 0.731 bits per heavy atom. The summed E-state index contributed by atoms with van der Waals surface area (Å²) in [6, 6.07) is -1.74. The number of amides is 1. The fraction of sp³-hybridized carbons (Fsp3) is 0.977. The second-order valence-electron chi connectivity index (χ2n) is 20.3. The molecule has 0 aliphatic carbocycles. The number of carbonyl (C=O) groups excluding carboxylic acids is 1. The van der Waals surface area contributed by atoms with Crippen LogP contribution in [0, 0.1) is 0 Å². The third-order valence-corrected chi connectivity index (χ3v) is 14.8. The lowest BCUT2D eigenvalue weighted by Crippen LogP contribution is -2.70. The summed E-state index contributed by atoms with van der Waals surface area (Å²) in [6.45, 7) is 1.01. The van der Waals surface area contributed by atoms with Gasteiger partial charge in [-0.05, 0) is 20.8 Å². The van der Waals surface area contributed by atoms with E-state index in [1.165, 1.54) is 20.8 Å². The van der Waals surface area contributed by atoms with Crippen LogP contribution in [0.1, 0.15) is 27.7 Å². The van der Waals surface area contributed by atoms with Crippen molar-refractivity contribution in [1.82, 2.24) is 5.32 Å². The van der Waals surface area contributed by atoms with Crippen LogP contribution in [-0.2, 0) is 66.4 Å². The molecule has 0 aromatic carbocycles. The molecule has 0 aromatic rings. The van der Waals surface area contributed by atoms with E-state index in [1.54, 1.807) is 0 Å². The Balaban J connectivity index is 1.21. The average Bonchev–Trinajstić information content (AvgIpc) is 3.58. The Morgan fingerprint density at radius 3 is 1.19 bits per heavy atom. The maximum atomic E-state index is 13.0. The predicted molar refractivity (Wildman–Crippen MR) is 239 cm³/mol. The summed E-state index contributed by atoms with van der Waals surface area (Å²) < 4.78 is 76.0. The molecule has 34 heteroatoms. The zero-order valence-electron chi connectivity index (χ0n) is 42.2. The standard InChI is InChI=1S/C44H75NO33/c1-9-18(50)24(56)29(61)40(67-9)75-34-17(45-12(4)49)39(73-15(7-48)33(34)74-43-32(64)27(59)21(53)13(5-46)71-43)66-8-16-23(55)35(37(38(65)70-16)78-42-31(63)26(58)20(52)11(3)69-42)76-44-36(28(60)22(54)14(6-47)72-44)77-41-30(62)25(57)19(51)10(2)68-41/h9-11,13-44,46-48,50-65H,5-8H2,1-4H3,(H,45,49)/t9-,10-,11-,13+,14+,15+,16+,17+,18+,19+,20+,21-,22-,23-,24+,25+,26+,27-,28-,29-,30-,31-,32+,33+,34+,35-,36+,37+,38?,39+,40-,41-,42-,43-,44-/m0/s1. The van der Waals surface area contributed by atoms with Gasteiger partial charge in [0, 0.05) is 6.92 Å². The van der Waals surface area contributed by atoms with Gasteiger partial charge < -0.3 is 164 Å². The smallest absolute Gasteiger partial charge is 0.217 e. The normalized spacial score (nSPS) is 53.4. The molecule has 20 N–H and O–H groups in total. The van der Waals surface area contributed by atoms with Gasteiger partial charge >= 0.3 is 0 Å². The molecule has 0 bridgehead atoms. The van der Waals surface area contributed by atoms with Crippen LogP contribution < -0.4 is 5.32 Å². The molecule has 0 radical (unpaired) electrons. The van der Waals surface area contributed by atoms with E-state index in [2.05, 4.69) is 5.32 Å². The Bertz CT molecular complexity index is 1890. The molecule has 7 rings (SSSR count). The van der Waals surface area contributed by atoms with Crippen LogP contribution in [0.3, 0.4) is 0 Å². The van der Waals surface area contributed by atoms with Gasteiger partial charge in [-0.3, -0.25) is 4.79 Å². The third-order valence-electron chi connectivity index (χ3n) is 14.8. The molecule has 7 fully saturated rings. The number of hydrogen-bond acceptors (Lipinski definition) is 33. The van der Waals surface area contributed by atoms with E-state index in [4.69, 9.17) is 61.6 Å². The summed E-state index contributed by atoms with van der Waals surface area (Å²) in [5.74, 6) is -0.852. The zero-order chi connectivity index (χ0) is 57.5. The van der Waals surface area contributed by atoms with Crippen molar-refractivity contribution in [2.75, 3.05) is 26.4 Å². The highest BCUT2D eigenvalue weighted by atomic mass is 16.8. The van der Waals surface area contributed by atoms with Gasteiger partial charge in [0.1, 0.15) is 153 Å². The maximum Gasteiger partial charge on any atom is 0.217 e. The van der Waals surface area contributed by atoms with E-state index in [0.29, 0.717) is 0 Å². The molecular formula is C44H75NO33. The molecule has 7 saturated heterocycles. The second-order valence-corrected chi connectivity index (χ2v) is 20.3. The molecule has 7 heterocycles. The number of aliphatic hydroxyl groups is 19. The van der Waals surface area contributed by atoms with E-state index >= 15 is 0 Å². The van der Waals surface area contributed by atoms with Gasteiger partial charge in [0.25, 0.3) is 0 Å². The molecular weight excluding hydrogens is 1070 g/mol. The van der Waals surface area contributed by atoms with Gasteiger partial charge in [0.05, 0.1) is 44.7 Å². The van der Waals surface area contributed by atoms with Crippen molar-refractivity contribution in [3.63, 3.8) is 0 Å². The monoisotopic (exact) mass is 1150 g/mol. The van der Waals surface area contributed by atoms with Gasteiger partial charge in [-0.1, -0.05) is 0 Å². The van der Waals surface area contributed by atoms with Crippen molar-refractivity contribution in [2.45, 2.75) is 243 Å². The highest BCUT2D eigenvalue weighted by Gasteiger charge is 2.58. The predicted octanol–water partition coefficient (Wildman–Crippen LogP) is -13.0. The third kappa shape index (κ3) is 13.2. The fourth-order valence-electron chi connectivity index (χ4n) is 10.1. The number of aliphatic hydroxyl groups excluding tert-OH is 19. The van der Waals surface area contributed by atoms with Crippen molar-refractivity contribution in [1.29, 1.82) is 0 Å². The number of rotatable bonds is 17. The molecule has 0 saturated carbocycles. The van der Waals surface area contributed by atoms with Gasteiger partial charge in [-0.25, -0.2) is 0 Å². The van der Waals surface area contributed by atoms with Crippen LogP contribution in [0.25, 0.3) is 0 Å². The lowest BCUT2D eigenvalue weighted by Gasteiger charge is -2.51. The molecule has 35 atom stereocenters. The first-order chi connectivity index (χ1) is 36.7. The van der Waals surface area contributed by atoms with Gasteiger partial charge in [0.2, 0.25) is 5.91 Å². The Hall–Kier alpha value is -1.81. The Labute approximate surface area is 443 Å². The molecule has 0 aromatic heterocycles. The molecule has 7 aliphatic heterocycles. The number of ether oxygens (including phenoxy) is 13. The SMILES string of the molecule is CC(=O)N[C@H]1[C@H](OC[C@H]2OC(O)[C@H](O[C@@H]3O[C@@H](C)[C@@H](O)[C@@H](O)[C@@H]3O)[C@@H](O[C@@H]3O[C@H](CO)[C@H](O)[C@H](O)[C@H]3O[C@@H]3O[C@@H](C)[C@@H](O)[C@@H](O)[C@@H]3O)[C@H]2O)O[C@H](CO)[C@@H](O[C@@H]2O[C@H](CO)[C@H](O)[C@H](O)[C@H]2O)[C@@H]1O[C@@H]1O[C@@H](C)[C@@H](O)[C@@H](O)[C@@H]1O. The van der Waals surface area contributed by atoms with Crippen molar-refractivity contribution < 1.29 is 163 Å². The van der Waals surface area contributed by atoms with E-state index in [1.807, 2.05) is 0 Å². The van der Waals surface area contributed by atoms with Crippen LogP contribution in [-0.4, -0.2) is 344 Å². The minimum Gasteiger partial charge on any atom is -0.394 e. The first-order valence-corrected chi connectivity index (χ1v) is 25.2. The fourth-order valence-corrected chi connectivity index (χ4v) is 10.1. The zero-order valence-corrected chi connectivity index (χ0v) is 42.2. The number of carbonyl (C=O) groups is 1. The number of hydrogen-bond donors (Lipinski definition) is 20. The van der Waals surface area contributed by atoms with Gasteiger partial charge in [-0.15, -0.1) is 0 Å². The highest BCUT2D eigenvalue weighted by molar-refractivity contribution is 5.73. The summed E-state index contributed by atoms with van der Waals surface area (Å²) in [5.41, 5.74) is 0. The van der Waals surface area contributed by atoms with Gasteiger partial charge in [-0.2, -0.15) is 0 Å². The summed E-state index contributed by atoms with van der Waals surface area (Å²) in [5, 5.41) is 207. The van der Waals surface area contributed by atoms with Crippen LogP contribution in [0.5, 0.6) is 0 Å². The topological polar surface area (TPSA) is 533 Å².